The zero-order valence-corrected chi connectivity index (χ0v) is 18.5. The summed E-state index contributed by atoms with van der Waals surface area (Å²) in [6, 6.07) is 13.5. The molecule has 0 saturated heterocycles. The molecule has 184 valence electrons. The van der Waals surface area contributed by atoms with E-state index in [1.165, 1.54) is 43.5 Å². The minimum Gasteiger partial charge on any atom is -0.497 e. The number of methoxy groups -OCH3 is 1. The van der Waals surface area contributed by atoms with Crippen LogP contribution in [0, 0.1) is 0 Å². The third-order valence-corrected chi connectivity index (χ3v) is 5.20. The van der Waals surface area contributed by atoms with Crippen molar-refractivity contribution in [3.63, 3.8) is 0 Å². The lowest BCUT2D eigenvalue weighted by atomic mass is 10.1. The number of halogens is 3. The highest BCUT2D eigenvalue weighted by Crippen LogP contribution is 2.37. The first-order valence-corrected chi connectivity index (χ1v) is 10.3. The number of nitrogens with one attached hydrogen (secondary N) is 1. The van der Waals surface area contributed by atoms with Gasteiger partial charge in [-0.05, 0) is 54.6 Å². The zero-order chi connectivity index (χ0) is 26.0. The van der Waals surface area contributed by atoms with Crippen LogP contribution in [0.15, 0.2) is 77.7 Å². The fourth-order valence-corrected chi connectivity index (χ4v) is 3.44. The second-order valence-electron chi connectivity index (χ2n) is 7.48. The number of aromatic nitrogens is 1. The normalized spacial score (nSPS) is 11.2. The number of fused-ring (bicyclic) bond motifs is 1. The molecule has 4 aromatic rings. The van der Waals surface area contributed by atoms with E-state index in [0.29, 0.717) is 11.8 Å². The van der Waals surface area contributed by atoms with E-state index in [1.807, 2.05) is 0 Å². The molecule has 0 bridgehead atoms. The molecule has 0 unspecified atom stereocenters. The SMILES string of the molecule is COc1ccc(Oc2ccc(C(F)(F)F)cc2NC(=O)n2cc(C(=O)O)c(=O)c3ccccc32)cc1. The van der Waals surface area contributed by atoms with Crippen molar-refractivity contribution in [1.29, 1.82) is 0 Å². The Morgan fingerprint density at radius 1 is 0.972 bits per heavy atom. The Morgan fingerprint density at radius 2 is 1.64 bits per heavy atom. The quantitative estimate of drug-likeness (QED) is 0.371. The first-order chi connectivity index (χ1) is 17.1. The van der Waals surface area contributed by atoms with Gasteiger partial charge in [-0.1, -0.05) is 12.1 Å². The molecule has 1 aromatic heterocycles. The Labute approximate surface area is 201 Å². The number of ether oxygens (including phenoxy) is 2. The number of carbonyl (C=O) groups is 2. The van der Waals surface area contributed by atoms with Gasteiger partial charge in [0, 0.05) is 11.6 Å². The van der Waals surface area contributed by atoms with E-state index in [9.17, 15) is 32.7 Å². The molecule has 1 amide bonds. The molecule has 11 heteroatoms. The van der Waals surface area contributed by atoms with E-state index in [-0.39, 0.29) is 28.1 Å². The molecule has 0 aliphatic heterocycles. The Hall–Kier alpha value is -4.80. The van der Waals surface area contributed by atoms with Crippen LogP contribution in [0.25, 0.3) is 10.9 Å². The Morgan fingerprint density at radius 3 is 2.28 bits per heavy atom. The molecule has 4 rings (SSSR count). The molecule has 1 heterocycles. The highest BCUT2D eigenvalue weighted by atomic mass is 19.4. The predicted molar refractivity (Wildman–Crippen MR) is 124 cm³/mol. The van der Waals surface area contributed by atoms with E-state index < -0.39 is 34.7 Å². The number of carbonyl (C=O) groups excluding carboxylic acids is 1. The van der Waals surface area contributed by atoms with Crippen molar-refractivity contribution >= 4 is 28.6 Å². The molecule has 0 spiro atoms. The minimum absolute atomic E-state index is 0.0497. The molecule has 0 atom stereocenters. The van der Waals surface area contributed by atoms with Crippen molar-refractivity contribution in [1.82, 2.24) is 4.57 Å². The first-order valence-electron chi connectivity index (χ1n) is 10.3. The Kier molecular flexibility index (Phi) is 6.39. The maximum absolute atomic E-state index is 13.4. The summed E-state index contributed by atoms with van der Waals surface area (Å²) in [7, 11) is 1.47. The number of pyridine rings is 1. The standard InChI is InChI=1S/C25H17F3N2O6/c1-35-15-7-9-16(10-8-15)36-21-11-6-14(25(26,27)28)12-19(21)29-24(34)30-13-18(23(32)33)22(31)17-4-2-3-5-20(17)30/h2-13H,1H3,(H,29,34)(H,32,33). The molecule has 8 nitrogen and oxygen atoms in total. The number of benzene rings is 3. The van der Waals surface area contributed by atoms with Gasteiger partial charge < -0.3 is 19.9 Å². The second kappa shape index (κ2) is 9.45. The van der Waals surface area contributed by atoms with Crippen LogP contribution in [0.4, 0.5) is 23.7 Å². The lowest BCUT2D eigenvalue weighted by Gasteiger charge is -2.17. The number of alkyl halides is 3. The average molecular weight is 498 g/mol. The molecular formula is C25H17F3N2O6. The van der Waals surface area contributed by atoms with Crippen molar-refractivity contribution in [3.05, 3.63) is 94.3 Å². The van der Waals surface area contributed by atoms with Crippen LogP contribution in [0.3, 0.4) is 0 Å². The van der Waals surface area contributed by atoms with Gasteiger partial charge in [0.1, 0.15) is 17.1 Å². The van der Waals surface area contributed by atoms with Crippen LogP contribution in [0.2, 0.25) is 0 Å². The number of carboxylic acid groups (broad SMARTS) is 1. The molecular weight excluding hydrogens is 481 g/mol. The number of nitrogens with zero attached hydrogens (tertiary/aromatic N) is 1. The number of hydrogen-bond donors (Lipinski definition) is 2. The largest absolute Gasteiger partial charge is 0.497 e. The minimum atomic E-state index is -4.71. The number of hydrogen-bond acceptors (Lipinski definition) is 5. The summed E-state index contributed by atoms with van der Waals surface area (Å²) in [6.45, 7) is 0. The summed E-state index contributed by atoms with van der Waals surface area (Å²) in [4.78, 5) is 37.2. The monoisotopic (exact) mass is 498 g/mol. The summed E-state index contributed by atoms with van der Waals surface area (Å²) in [5.41, 5.74) is -2.79. The molecule has 0 saturated carbocycles. The average Bonchev–Trinajstić information content (AvgIpc) is 2.85. The first kappa shape index (κ1) is 24.3. The third-order valence-electron chi connectivity index (χ3n) is 5.20. The van der Waals surface area contributed by atoms with Gasteiger partial charge in [-0.15, -0.1) is 0 Å². The number of aromatic carboxylic acids is 1. The van der Waals surface area contributed by atoms with Crippen molar-refractivity contribution in [3.8, 4) is 17.2 Å². The summed E-state index contributed by atoms with van der Waals surface area (Å²) in [5, 5.41) is 11.7. The zero-order valence-electron chi connectivity index (χ0n) is 18.5. The van der Waals surface area contributed by atoms with Crippen molar-refractivity contribution in [2.24, 2.45) is 0 Å². The number of anilines is 1. The topological polar surface area (TPSA) is 107 Å². The van der Waals surface area contributed by atoms with Gasteiger partial charge in [0.2, 0.25) is 5.43 Å². The van der Waals surface area contributed by atoms with Crippen LogP contribution in [0.5, 0.6) is 17.2 Å². The summed E-state index contributed by atoms with van der Waals surface area (Å²) in [6.07, 6.45) is -3.89. The van der Waals surface area contributed by atoms with Crippen molar-refractivity contribution < 1.29 is 37.3 Å². The fourth-order valence-electron chi connectivity index (χ4n) is 3.44. The van der Waals surface area contributed by atoms with Crippen LogP contribution in [-0.4, -0.2) is 28.8 Å². The van der Waals surface area contributed by atoms with Gasteiger partial charge in [-0.25, -0.2) is 9.59 Å². The van der Waals surface area contributed by atoms with E-state index in [0.717, 1.165) is 22.9 Å². The molecule has 36 heavy (non-hydrogen) atoms. The molecule has 0 aliphatic carbocycles. The van der Waals surface area contributed by atoms with Crippen molar-refractivity contribution in [2.45, 2.75) is 6.18 Å². The van der Waals surface area contributed by atoms with E-state index in [1.54, 1.807) is 12.1 Å². The maximum Gasteiger partial charge on any atom is 0.416 e. The van der Waals surface area contributed by atoms with Gasteiger partial charge in [0.05, 0.1) is 23.9 Å². The van der Waals surface area contributed by atoms with E-state index in [4.69, 9.17) is 9.47 Å². The van der Waals surface area contributed by atoms with E-state index >= 15 is 0 Å². The van der Waals surface area contributed by atoms with Crippen LogP contribution >= 0.6 is 0 Å². The fraction of sp³-hybridized carbons (Fsp3) is 0.0800. The second-order valence-corrected chi connectivity index (χ2v) is 7.48. The highest BCUT2D eigenvalue weighted by molar-refractivity contribution is 6.01. The van der Waals surface area contributed by atoms with E-state index in [2.05, 4.69) is 5.32 Å². The number of rotatable bonds is 5. The molecule has 3 aromatic carbocycles. The van der Waals surface area contributed by atoms with Crippen LogP contribution < -0.4 is 20.2 Å². The molecule has 0 radical (unpaired) electrons. The Balaban J connectivity index is 1.78. The van der Waals surface area contributed by atoms with Crippen LogP contribution in [0.1, 0.15) is 15.9 Å². The van der Waals surface area contributed by atoms with Gasteiger partial charge in [-0.2, -0.15) is 13.2 Å². The van der Waals surface area contributed by atoms with Gasteiger partial charge in [0.15, 0.2) is 5.75 Å². The predicted octanol–water partition coefficient (Wildman–Crippen LogP) is 5.60. The number of carboxylic acids is 1. The number of para-hydroxylation sites is 1. The highest BCUT2D eigenvalue weighted by Gasteiger charge is 2.31. The van der Waals surface area contributed by atoms with Crippen LogP contribution in [-0.2, 0) is 6.18 Å². The summed E-state index contributed by atoms with van der Waals surface area (Å²) < 4.78 is 51.8. The maximum atomic E-state index is 13.4. The van der Waals surface area contributed by atoms with Crippen molar-refractivity contribution in [2.75, 3.05) is 12.4 Å². The summed E-state index contributed by atoms with van der Waals surface area (Å²) in [5.74, 6) is -0.879. The lowest BCUT2D eigenvalue weighted by Crippen LogP contribution is -2.26. The molecule has 0 fully saturated rings. The Bertz CT molecular complexity index is 1530. The van der Waals surface area contributed by atoms with Gasteiger partial charge in [0.25, 0.3) is 0 Å². The molecule has 2 N–H and O–H groups in total. The number of amides is 1. The van der Waals surface area contributed by atoms with Gasteiger partial charge >= 0.3 is 18.2 Å². The third kappa shape index (κ3) is 4.85. The lowest BCUT2D eigenvalue weighted by molar-refractivity contribution is -0.137. The summed E-state index contributed by atoms with van der Waals surface area (Å²) >= 11 is 0. The smallest absolute Gasteiger partial charge is 0.416 e. The molecule has 0 aliphatic rings. The van der Waals surface area contributed by atoms with Gasteiger partial charge in [-0.3, -0.25) is 9.36 Å².